The molecule has 1 aromatic heterocycles. The van der Waals surface area contributed by atoms with Crippen molar-refractivity contribution in [3.05, 3.63) is 64.8 Å². The zero-order valence-electron chi connectivity index (χ0n) is 16.4. The molecule has 3 rings (SSSR count). The van der Waals surface area contributed by atoms with Crippen LogP contribution in [0, 0.1) is 0 Å². The molecule has 1 N–H and O–H groups in total. The number of carbonyl (C=O) groups is 1. The van der Waals surface area contributed by atoms with Gasteiger partial charge in [0.25, 0.3) is 0 Å². The fourth-order valence-corrected chi connectivity index (χ4v) is 3.02. The van der Waals surface area contributed by atoms with Crippen LogP contribution in [0.3, 0.4) is 0 Å². The summed E-state index contributed by atoms with van der Waals surface area (Å²) < 4.78 is 42.9. The number of halogens is 6. The molecule has 0 aliphatic heterocycles. The van der Waals surface area contributed by atoms with E-state index in [0.29, 0.717) is 27.0 Å². The minimum atomic E-state index is -5.07. The molecule has 1 unspecified atom stereocenters. The Labute approximate surface area is 196 Å². The van der Waals surface area contributed by atoms with E-state index in [4.69, 9.17) is 39.5 Å². The summed E-state index contributed by atoms with van der Waals surface area (Å²) in [4.78, 5) is 18.2. The topological polar surface area (TPSA) is 64.1 Å². The molecule has 0 radical (unpaired) electrons. The van der Waals surface area contributed by atoms with Gasteiger partial charge in [-0.25, -0.2) is 9.97 Å². The lowest BCUT2D eigenvalue weighted by Gasteiger charge is -2.24. The van der Waals surface area contributed by atoms with Crippen molar-refractivity contribution in [2.75, 3.05) is 6.61 Å². The molecule has 5 nitrogen and oxygen atoms in total. The van der Waals surface area contributed by atoms with Gasteiger partial charge in [0.05, 0.1) is 11.9 Å². The maximum Gasteiger partial charge on any atom is 0.471 e. The number of ether oxygens (including phenoxy) is 1. The average Bonchev–Trinajstić information content (AvgIpc) is 2.72. The molecule has 0 fully saturated rings. The summed E-state index contributed by atoms with van der Waals surface area (Å²) in [6.45, 7) is 0.680. The third-order valence-corrected chi connectivity index (χ3v) is 4.82. The molecular weight excluding hydrogens is 490 g/mol. The molecular formula is C21H15Cl3F3N3O2. The van der Waals surface area contributed by atoms with E-state index in [1.807, 2.05) is 0 Å². The van der Waals surface area contributed by atoms with Gasteiger partial charge in [0.15, 0.2) is 0 Å². The van der Waals surface area contributed by atoms with E-state index in [1.54, 1.807) is 53.8 Å². The fraction of sp³-hybridized carbons (Fsp3) is 0.190. The SMILES string of the molecule is CC(Cl)(COc1cnc(-c2ccc(Cl)cc2)c(-c2ccc(Cl)cc2)n1)NC(=O)C(F)(F)F. The Bertz CT molecular complexity index is 1110. The Balaban J connectivity index is 1.90. The predicted octanol–water partition coefficient (Wildman–Crippen LogP) is 6.13. The monoisotopic (exact) mass is 503 g/mol. The van der Waals surface area contributed by atoms with E-state index < -0.39 is 23.7 Å². The second-order valence-electron chi connectivity index (χ2n) is 6.86. The summed E-state index contributed by atoms with van der Waals surface area (Å²) in [6, 6.07) is 13.8. The van der Waals surface area contributed by atoms with Crippen LogP contribution in [0.4, 0.5) is 13.2 Å². The van der Waals surface area contributed by atoms with E-state index in [2.05, 4.69) is 9.97 Å². The second-order valence-corrected chi connectivity index (χ2v) is 8.56. The molecule has 1 atom stereocenters. The lowest BCUT2D eigenvalue weighted by atomic mass is 10.0. The Hall–Kier alpha value is -2.55. The minimum absolute atomic E-state index is 0.000737. The summed E-state index contributed by atoms with van der Waals surface area (Å²) >= 11 is 17.9. The Morgan fingerprint density at radius 3 is 1.97 bits per heavy atom. The first-order chi connectivity index (χ1) is 14.9. The molecule has 1 heterocycles. The first-order valence-electron chi connectivity index (χ1n) is 9.04. The molecule has 1 amide bonds. The molecule has 0 bridgehead atoms. The van der Waals surface area contributed by atoms with Gasteiger partial charge in [-0.15, -0.1) is 0 Å². The Kier molecular flexibility index (Phi) is 7.17. The summed E-state index contributed by atoms with van der Waals surface area (Å²) in [5.41, 5.74) is 2.38. The van der Waals surface area contributed by atoms with Gasteiger partial charge in [-0.1, -0.05) is 59.1 Å². The molecule has 2 aromatic carbocycles. The van der Waals surface area contributed by atoms with Crippen molar-refractivity contribution in [3.63, 3.8) is 0 Å². The Morgan fingerprint density at radius 2 is 1.47 bits per heavy atom. The zero-order valence-corrected chi connectivity index (χ0v) is 18.6. The highest BCUT2D eigenvalue weighted by atomic mass is 35.5. The van der Waals surface area contributed by atoms with Crippen LogP contribution in [0.5, 0.6) is 5.88 Å². The van der Waals surface area contributed by atoms with Crippen molar-refractivity contribution >= 4 is 40.7 Å². The normalized spacial score (nSPS) is 13.3. The molecule has 0 aliphatic carbocycles. The van der Waals surface area contributed by atoms with E-state index in [-0.39, 0.29) is 5.88 Å². The second kappa shape index (κ2) is 9.52. The molecule has 0 saturated carbocycles. The highest BCUT2D eigenvalue weighted by Crippen LogP contribution is 2.32. The lowest BCUT2D eigenvalue weighted by Crippen LogP contribution is -2.50. The van der Waals surface area contributed by atoms with Crippen molar-refractivity contribution in [2.24, 2.45) is 0 Å². The van der Waals surface area contributed by atoms with Crippen LogP contribution < -0.4 is 10.1 Å². The molecule has 32 heavy (non-hydrogen) atoms. The van der Waals surface area contributed by atoms with Crippen molar-refractivity contribution in [2.45, 2.75) is 18.1 Å². The molecule has 168 valence electrons. The number of carbonyl (C=O) groups excluding carboxylic acids is 1. The molecule has 0 spiro atoms. The minimum Gasteiger partial charge on any atom is -0.473 e. The van der Waals surface area contributed by atoms with Crippen LogP contribution in [0.2, 0.25) is 10.0 Å². The number of aromatic nitrogens is 2. The van der Waals surface area contributed by atoms with Crippen molar-refractivity contribution in [1.29, 1.82) is 0 Å². The van der Waals surface area contributed by atoms with E-state index >= 15 is 0 Å². The molecule has 11 heteroatoms. The first kappa shape index (κ1) is 24.1. The van der Waals surface area contributed by atoms with Crippen LogP contribution in [0.15, 0.2) is 54.7 Å². The van der Waals surface area contributed by atoms with Gasteiger partial charge in [0.2, 0.25) is 5.88 Å². The maximum absolute atomic E-state index is 12.5. The predicted molar refractivity (Wildman–Crippen MR) is 117 cm³/mol. The van der Waals surface area contributed by atoms with Crippen LogP contribution in [0.25, 0.3) is 22.5 Å². The third kappa shape index (κ3) is 6.25. The number of alkyl halides is 4. The van der Waals surface area contributed by atoms with Crippen LogP contribution in [-0.2, 0) is 4.79 Å². The summed E-state index contributed by atoms with van der Waals surface area (Å²) in [6.07, 6.45) is -3.76. The highest BCUT2D eigenvalue weighted by molar-refractivity contribution is 6.31. The van der Waals surface area contributed by atoms with Gasteiger partial charge >= 0.3 is 12.1 Å². The van der Waals surface area contributed by atoms with Crippen LogP contribution >= 0.6 is 34.8 Å². The van der Waals surface area contributed by atoms with Crippen LogP contribution in [0.1, 0.15) is 6.92 Å². The smallest absolute Gasteiger partial charge is 0.471 e. The van der Waals surface area contributed by atoms with Gasteiger partial charge in [0, 0.05) is 21.2 Å². The quantitative estimate of drug-likeness (QED) is 0.324. The average molecular weight is 505 g/mol. The number of hydrogen-bond donors (Lipinski definition) is 1. The van der Waals surface area contributed by atoms with Gasteiger partial charge < -0.3 is 10.1 Å². The molecule has 0 saturated heterocycles. The highest BCUT2D eigenvalue weighted by Gasteiger charge is 2.42. The standard InChI is InChI=1S/C21H15Cl3F3N3O2/c1-20(24,30-19(31)21(25,26)27)11-32-16-10-28-17(12-2-6-14(22)7-3-12)18(29-16)13-4-8-15(23)9-5-13/h2-10H,11H2,1H3,(H,30,31). The van der Waals surface area contributed by atoms with Crippen molar-refractivity contribution in [3.8, 4) is 28.4 Å². The molecule has 3 aromatic rings. The van der Waals surface area contributed by atoms with E-state index in [9.17, 15) is 18.0 Å². The summed E-state index contributed by atoms with van der Waals surface area (Å²) in [5.74, 6) is -2.18. The lowest BCUT2D eigenvalue weighted by molar-refractivity contribution is -0.174. The number of benzene rings is 2. The Morgan fingerprint density at radius 1 is 0.969 bits per heavy atom. The van der Waals surface area contributed by atoms with Gasteiger partial charge in [0.1, 0.15) is 17.3 Å². The third-order valence-electron chi connectivity index (χ3n) is 4.11. The fourth-order valence-electron chi connectivity index (χ4n) is 2.62. The number of amides is 1. The zero-order chi connectivity index (χ0) is 23.5. The van der Waals surface area contributed by atoms with Gasteiger partial charge in [-0.05, 0) is 31.2 Å². The number of nitrogens with zero attached hydrogens (tertiary/aromatic N) is 2. The maximum atomic E-state index is 12.5. The summed E-state index contributed by atoms with van der Waals surface area (Å²) in [7, 11) is 0. The van der Waals surface area contributed by atoms with Crippen molar-refractivity contribution < 1.29 is 22.7 Å². The number of nitrogens with one attached hydrogen (secondary N) is 1. The molecule has 0 aliphatic rings. The summed E-state index contributed by atoms with van der Waals surface area (Å²) in [5, 5.41) is 2.74. The van der Waals surface area contributed by atoms with Crippen LogP contribution in [-0.4, -0.2) is 33.7 Å². The first-order valence-corrected chi connectivity index (χ1v) is 10.2. The van der Waals surface area contributed by atoms with E-state index in [0.717, 1.165) is 5.56 Å². The van der Waals surface area contributed by atoms with Gasteiger partial charge in [-0.3, -0.25) is 4.79 Å². The number of hydrogen-bond acceptors (Lipinski definition) is 4. The van der Waals surface area contributed by atoms with Crippen molar-refractivity contribution in [1.82, 2.24) is 15.3 Å². The van der Waals surface area contributed by atoms with Gasteiger partial charge in [-0.2, -0.15) is 13.2 Å². The number of rotatable bonds is 6. The largest absolute Gasteiger partial charge is 0.473 e. The van der Waals surface area contributed by atoms with E-state index in [1.165, 1.54) is 13.1 Å².